The van der Waals surface area contributed by atoms with Gasteiger partial charge in [-0.1, -0.05) is 18.2 Å². The van der Waals surface area contributed by atoms with Crippen molar-refractivity contribution < 1.29 is 14.2 Å². The topological polar surface area (TPSA) is 52.6 Å². The maximum absolute atomic E-state index is 6.29. The van der Waals surface area contributed by atoms with Crippen LogP contribution in [0.2, 0.25) is 0 Å². The maximum atomic E-state index is 6.29. The average Bonchev–Trinajstić information content (AvgIpc) is 2.63. The molecule has 1 saturated heterocycles. The van der Waals surface area contributed by atoms with Crippen LogP contribution < -0.4 is 14.8 Å². The van der Waals surface area contributed by atoms with Crippen molar-refractivity contribution in [2.24, 2.45) is 0 Å². The van der Waals surface area contributed by atoms with Crippen molar-refractivity contribution in [2.75, 3.05) is 26.3 Å². The lowest BCUT2D eigenvalue weighted by Crippen LogP contribution is -2.43. The fourth-order valence-electron chi connectivity index (χ4n) is 2.64. The summed E-state index contributed by atoms with van der Waals surface area (Å²) in [6.45, 7) is 4.85. The summed E-state index contributed by atoms with van der Waals surface area (Å²) in [5.41, 5.74) is 0.993. The molecule has 0 aliphatic carbocycles. The van der Waals surface area contributed by atoms with Crippen LogP contribution in [0.4, 0.5) is 0 Å². The molecule has 2 heterocycles. The number of aromatic nitrogens is 1. The fourth-order valence-corrected chi connectivity index (χ4v) is 2.64. The zero-order valence-corrected chi connectivity index (χ0v) is 13.3. The van der Waals surface area contributed by atoms with Gasteiger partial charge in [-0.2, -0.15) is 0 Å². The van der Waals surface area contributed by atoms with Gasteiger partial charge in [-0.3, -0.25) is 4.98 Å². The zero-order valence-electron chi connectivity index (χ0n) is 13.3. The predicted molar refractivity (Wildman–Crippen MR) is 87.8 cm³/mol. The second-order valence-corrected chi connectivity index (χ2v) is 5.32. The van der Waals surface area contributed by atoms with Crippen LogP contribution >= 0.6 is 0 Å². The standard InChI is InChI=1S/C18H22N2O3/c1-2-21-15-7-3-4-8-16(15)23-18(14-6-5-9-19-12-14)17-13-20-10-11-22-17/h3-9,12,17-18,20H,2,10-11,13H2,1H3/t17-,18+/m0/s1. The van der Waals surface area contributed by atoms with Crippen molar-refractivity contribution in [2.45, 2.75) is 19.1 Å². The summed E-state index contributed by atoms with van der Waals surface area (Å²) in [6.07, 6.45) is 3.28. The molecule has 0 amide bonds. The maximum Gasteiger partial charge on any atom is 0.162 e. The Morgan fingerprint density at radius 2 is 2.13 bits per heavy atom. The minimum absolute atomic E-state index is 0.0670. The minimum atomic E-state index is -0.238. The van der Waals surface area contributed by atoms with Crippen molar-refractivity contribution in [1.29, 1.82) is 0 Å². The van der Waals surface area contributed by atoms with Gasteiger partial charge in [-0.25, -0.2) is 0 Å². The van der Waals surface area contributed by atoms with Gasteiger partial charge in [0.2, 0.25) is 0 Å². The molecule has 0 unspecified atom stereocenters. The van der Waals surface area contributed by atoms with Gasteiger partial charge < -0.3 is 19.5 Å². The van der Waals surface area contributed by atoms with Gasteiger partial charge in [-0.05, 0) is 25.1 Å². The van der Waals surface area contributed by atoms with E-state index in [4.69, 9.17) is 14.2 Å². The number of nitrogens with one attached hydrogen (secondary N) is 1. The molecule has 1 fully saturated rings. The van der Waals surface area contributed by atoms with Gasteiger partial charge in [0.25, 0.3) is 0 Å². The summed E-state index contributed by atoms with van der Waals surface area (Å²) in [4.78, 5) is 4.21. The normalized spacial score (nSPS) is 19.1. The summed E-state index contributed by atoms with van der Waals surface area (Å²) in [6, 6.07) is 11.6. The van der Waals surface area contributed by atoms with Crippen LogP contribution in [-0.2, 0) is 4.74 Å². The van der Waals surface area contributed by atoms with Crippen LogP contribution in [0.15, 0.2) is 48.8 Å². The molecule has 1 aliphatic heterocycles. The third kappa shape index (κ3) is 4.00. The fraction of sp³-hybridized carbons (Fsp3) is 0.389. The molecule has 0 radical (unpaired) electrons. The third-order valence-electron chi connectivity index (χ3n) is 3.71. The van der Waals surface area contributed by atoms with E-state index in [1.807, 2.05) is 49.5 Å². The largest absolute Gasteiger partial charge is 0.490 e. The molecule has 1 N–H and O–H groups in total. The van der Waals surface area contributed by atoms with Gasteiger partial charge in [0, 0.05) is 31.0 Å². The second kappa shape index (κ2) is 7.94. The van der Waals surface area contributed by atoms with E-state index in [-0.39, 0.29) is 12.2 Å². The molecule has 0 spiro atoms. The number of hydrogen-bond acceptors (Lipinski definition) is 5. The Kier molecular flexibility index (Phi) is 5.45. The lowest BCUT2D eigenvalue weighted by atomic mass is 10.1. The van der Waals surface area contributed by atoms with E-state index in [9.17, 15) is 0 Å². The molecular weight excluding hydrogens is 292 g/mol. The third-order valence-corrected chi connectivity index (χ3v) is 3.71. The van der Waals surface area contributed by atoms with Crippen LogP contribution in [0, 0.1) is 0 Å². The Hall–Kier alpha value is -2.11. The predicted octanol–water partition coefficient (Wildman–Crippen LogP) is 2.59. The van der Waals surface area contributed by atoms with E-state index in [0.717, 1.165) is 30.2 Å². The molecule has 0 saturated carbocycles. The molecule has 2 atom stereocenters. The number of benzene rings is 1. The SMILES string of the molecule is CCOc1ccccc1O[C@H](c1cccnc1)[C@@H]1CNCCO1. The first-order chi connectivity index (χ1) is 11.4. The van der Waals surface area contributed by atoms with Crippen molar-refractivity contribution in [1.82, 2.24) is 10.3 Å². The summed E-state index contributed by atoms with van der Waals surface area (Å²) in [5.74, 6) is 1.46. The van der Waals surface area contributed by atoms with Crippen LogP contribution in [0.5, 0.6) is 11.5 Å². The molecule has 2 aromatic rings. The van der Waals surface area contributed by atoms with E-state index < -0.39 is 0 Å². The number of nitrogens with zero attached hydrogens (tertiary/aromatic N) is 1. The van der Waals surface area contributed by atoms with Gasteiger partial charge in [-0.15, -0.1) is 0 Å². The van der Waals surface area contributed by atoms with Gasteiger partial charge >= 0.3 is 0 Å². The summed E-state index contributed by atoms with van der Waals surface area (Å²) in [5, 5.41) is 3.35. The van der Waals surface area contributed by atoms with Crippen molar-refractivity contribution in [3.8, 4) is 11.5 Å². The second-order valence-electron chi connectivity index (χ2n) is 5.32. The number of rotatable bonds is 6. The van der Waals surface area contributed by atoms with E-state index in [0.29, 0.717) is 13.2 Å². The monoisotopic (exact) mass is 314 g/mol. The molecule has 23 heavy (non-hydrogen) atoms. The zero-order chi connectivity index (χ0) is 15.9. The molecule has 1 aliphatic rings. The highest BCUT2D eigenvalue weighted by Gasteiger charge is 2.28. The summed E-state index contributed by atoms with van der Waals surface area (Å²) < 4.78 is 17.9. The van der Waals surface area contributed by atoms with E-state index in [1.54, 1.807) is 6.20 Å². The van der Waals surface area contributed by atoms with Crippen LogP contribution in [-0.4, -0.2) is 37.4 Å². The number of pyridine rings is 1. The molecular formula is C18H22N2O3. The van der Waals surface area contributed by atoms with Crippen LogP contribution in [0.3, 0.4) is 0 Å². The van der Waals surface area contributed by atoms with Crippen molar-refractivity contribution >= 4 is 0 Å². The van der Waals surface area contributed by atoms with Crippen LogP contribution in [0.25, 0.3) is 0 Å². The van der Waals surface area contributed by atoms with Gasteiger partial charge in [0.1, 0.15) is 6.10 Å². The number of morpholine rings is 1. The van der Waals surface area contributed by atoms with E-state index >= 15 is 0 Å². The molecule has 1 aromatic carbocycles. The molecule has 0 bridgehead atoms. The number of para-hydroxylation sites is 2. The smallest absolute Gasteiger partial charge is 0.162 e. The van der Waals surface area contributed by atoms with Crippen molar-refractivity contribution in [3.63, 3.8) is 0 Å². The minimum Gasteiger partial charge on any atom is -0.490 e. The van der Waals surface area contributed by atoms with Gasteiger partial charge in [0.05, 0.1) is 13.2 Å². The highest BCUT2D eigenvalue weighted by molar-refractivity contribution is 5.40. The highest BCUT2D eigenvalue weighted by atomic mass is 16.6. The molecule has 1 aromatic heterocycles. The van der Waals surface area contributed by atoms with E-state index in [2.05, 4.69) is 10.3 Å². The number of ether oxygens (including phenoxy) is 3. The first kappa shape index (κ1) is 15.8. The van der Waals surface area contributed by atoms with Crippen molar-refractivity contribution in [3.05, 3.63) is 54.4 Å². The lowest BCUT2D eigenvalue weighted by Gasteiger charge is -2.31. The van der Waals surface area contributed by atoms with Gasteiger partial charge in [0.15, 0.2) is 17.6 Å². The molecule has 122 valence electrons. The Bertz CT molecular complexity index is 600. The molecule has 5 nitrogen and oxygen atoms in total. The Morgan fingerprint density at radius 1 is 1.26 bits per heavy atom. The average molecular weight is 314 g/mol. The first-order valence-electron chi connectivity index (χ1n) is 7.99. The molecule has 3 rings (SSSR count). The van der Waals surface area contributed by atoms with E-state index in [1.165, 1.54) is 0 Å². The Labute approximate surface area is 136 Å². The molecule has 5 heteroatoms. The summed E-state index contributed by atoms with van der Waals surface area (Å²) in [7, 11) is 0. The quantitative estimate of drug-likeness (QED) is 0.888. The summed E-state index contributed by atoms with van der Waals surface area (Å²) >= 11 is 0. The van der Waals surface area contributed by atoms with Crippen LogP contribution in [0.1, 0.15) is 18.6 Å². The first-order valence-corrected chi connectivity index (χ1v) is 7.99. The highest BCUT2D eigenvalue weighted by Crippen LogP contribution is 2.33. The Morgan fingerprint density at radius 3 is 2.83 bits per heavy atom. The Balaban J connectivity index is 1.86. The number of hydrogen-bond donors (Lipinski definition) is 1. The lowest BCUT2D eigenvalue weighted by molar-refractivity contribution is -0.0440.